The van der Waals surface area contributed by atoms with Gasteiger partial charge >= 0.3 is 0 Å². The largest absolute Gasteiger partial charge is 0.350 e. The molecule has 0 aliphatic heterocycles. The van der Waals surface area contributed by atoms with Crippen molar-refractivity contribution in [1.82, 2.24) is 14.9 Å². The van der Waals surface area contributed by atoms with Crippen LogP contribution in [0.3, 0.4) is 0 Å². The van der Waals surface area contributed by atoms with Crippen LogP contribution in [-0.4, -0.2) is 27.9 Å². The minimum Gasteiger partial charge on any atom is -0.350 e. The Morgan fingerprint density at radius 3 is 3.14 bits per heavy atom. The van der Waals surface area contributed by atoms with E-state index in [4.69, 9.17) is 11.6 Å². The molecule has 1 amide bonds. The number of carbonyl (C=O) groups excluding carboxylic acids is 1. The van der Waals surface area contributed by atoms with Crippen molar-refractivity contribution in [2.45, 2.75) is 13.3 Å². The molecule has 0 saturated heterocycles. The highest BCUT2D eigenvalue weighted by molar-refractivity contribution is 7.03. The van der Waals surface area contributed by atoms with E-state index < -0.39 is 0 Å². The Bertz CT molecular complexity index is 278. The van der Waals surface area contributed by atoms with Crippen LogP contribution in [0.4, 0.5) is 0 Å². The van der Waals surface area contributed by atoms with Crippen LogP contribution in [0, 0.1) is 5.92 Å². The van der Waals surface area contributed by atoms with Crippen LogP contribution in [0.5, 0.6) is 0 Å². The van der Waals surface area contributed by atoms with Gasteiger partial charge in [-0.05, 0) is 23.9 Å². The van der Waals surface area contributed by atoms with Gasteiger partial charge in [0.15, 0.2) is 5.69 Å². The Labute approximate surface area is 91.8 Å². The number of hydrogen-bond donors (Lipinski definition) is 1. The van der Waals surface area contributed by atoms with Crippen molar-refractivity contribution in [3.05, 3.63) is 11.1 Å². The second-order valence-electron chi connectivity index (χ2n) is 3.08. The van der Waals surface area contributed by atoms with Crippen LogP contribution in [0.2, 0.25) is 0 Å². The lowest BCUT2D eigenvalue weighted by molar-refractivity contribution is 0.0943. The Balaban J connectivity index is 2.28. The third-order valence-corrected chi connectivity index (χ3v) is 2.53. The van der Waals surface area contributed by atoms with E-state index in [1.807, 2.05) is 6.92 Å². The molecule has 1 rings (SSSR count). The minimum atomic E-state index is -0.167. The van der Waals surface area contributed by atoms with E-state index in [0.717, 1.165) is 6.42 Å². The summed E-state index contributed by atoms with van der Waals surface area (Å²) in [6.45, 7) is 2.67. The zero-order chi connectivity index (χ0) is 10.4. The smallest absolute Gasteiger partial charge is 0.272 e. The topological polar surface area (TPSA) is 54.9 Å². The van der Waals surface area contributed by atoms with Crippen LogP contribution in [-0.2, 0) is 0 Å². The maximum Gasteiger partial charge on any atom is 0.272 e. The van der Waals surface area contributed by atoms with Crippen molar-refractivity contribution in [2.75, 3.05) is 12.4 Å². The van der Waals surface area contributed by atoms with Crippen molar-refractivity contribution < 1.29 is 4.79 Å². The van der Waals surface area contributed by atoms with E-state index >= 15 is 0 Å². The summed E-state index contributed by atoms with van der Waals surface area (Å²) in [5.41, 5.74) is 0.382. The van der Waals surface area contributed by atoms with Gasteiger partial charge in [0, 0.05) is 17.8 Å². The standard InChI is InChI=1S/C8H12ClN3OS/c1-6(2-3-9)4-10-8(13)7-5-14-12-11-7/h5-6H,2-4H2,1H3,(H,10,13). The summed E-state index contributed by atoms with van der Waals surface area (Å²) in [6, 6.07) is 0. The van der Waals surface area contributed by atoms with E-state index in [9.17, 15) is 4.79 Å². The molecule has 0 saturated carbocycles. The van der Waals surface area contributed by atoms with Gasteiger partial charge in [0.25, 0.3) is 5.91 Å². The van der Waals surface area contributed by atoms with Crippen molar-refractivity contribution in [1.29, 1.82) is 0 Å². The zero-order valence-electron chi connectivity index (χ0n) is 7.86. The summed E-state index contributed by atoms with van der Waals surface area (Å²) in [7, 11) is 0. The Kier molecular flexibility index (Phi) is 4.82. The summed E-state index contributed by atoms with van der Waals surface area (Å²) in [5, 5.41) is 8.07. The second-order valence-corrected chi connectivity index (χ2v) is 4.07. The lowest BCUT2D eigenvalue weighted by atomic mass is 10.1. The summed E-state index contributed by atoms with van der Waals surface area (Å²) in [6.07, 6.45) is 0.900. The third-order valence-electron chi connectivity index (χ3n) is 1.81. The number of nitrogens with one attached hydrogen (secondary N) is 1. The van der Waals surface area contributed by atoms with Gasteiger partial charge in [-0.2, -0.15) is 0 Å². The fraction of sp³-hybridized carbons (Fsp3) is 0.625. The SMILES string of the molecule is CC(CCCl)CNC(=O)c1csnn1. The highest BCUT2D eigenvalue weighted by Crippen LogP contribution is 2.02. The first-order valence-electron chi connectivity index (χ1n) is 4.35. The van der Waals surface area contributed by atoms with E-state index in [2.05, 4.69) is 14.9 Å². The highest BCUT2D eigenvalue weighted by Gasteiger charge is 2.09. The third kappa shape index (κ3) is 3.59. The molecule has 1 N–H and O–H groups in total. The quantitative estimate of drug-likeness (QED) is 0.785. The molecule has 0 spiro atoms. The van der Waals surface area contributed by atoms with Crippen LogP contribution in [0.25, 0.3) is 0 Å². The van der Waals surface area contributed by atoms with Gasteiger partial charge in [-0.1, -0.05) is 11.4 Å². The predicted molar refractivity (Wildman–Crippen MR) is 56.7 cm³/mol. The molecule has 0 bridgehead atoms. The maximum atomic E-state index is 11.4. The van der Waals surface area contributed by atoms with Gasteiger partial charge in [-0.3, -0.25) is 4.79 Å². The first kappa shape index (κ1) is 11.4. The zero-order valence-corrected chi connectivity index (χ0v) is 9.44. The average Bonchev–Trinajstić information content (AvgIpc) is 2.67. The van der Waals surface area contributed by atoms with Gasteiger partial charge in [0.1, 0.15) is 0 Å². The van der Waals surface area contributed by atoms with Gasteiger partial charge in [-0.25, -0.2) is 0 Å². The molecule has 1 aromatic heterocycles. The maximum absolute atomic E-state index is 11.4. The molecule has 0 aliphatic carbocycles. The van der Waals surface area contributed by atoms with Gasteiger partial charge in [-0.15, -0.1) is 16.7 Å². The van der Waals surface area contributed by atoms with E-state index in [0.29, 0.717) is 24.0 Å². The molecule has 0 fully saturated rings. The molecular formula is C8H12ClN3OS. The molecule has 0 radical (unpaired) electrons. The second kappa shape index (κ2) is 5.93. The Morgan fingerprint density at radius 1 is 1.79 bits per heavy atom. The van der Waals surface area contributed by atoms with Crippen molar-refractivity contribution in [3.63, 3.8) is 0 Å². The molecule has 1 aromatic rings. The molecule has 1 heterocycles. The number of nitrogens with zero attached hydrogens (tertiary/aromatic N) is 2. The molecule has 0 aliphatic rings. The lowest BCUT2D eigenvalue weighted by Gasteiger charge is -2.09. The Hall–Kier alpha value is -0.680. The minimum absolute atomic E-state index is 0.167. The molecule has 4 nitrogen and oxygen atoms in total. The van der Waals surface area contributed by atoms with Crippen LogP contribution in [0.1, 0.15) is 23.8 Å². The summed E-state index contributed by atoms with van der Waals surface area (Å²) < 4.78 is 3.62. The summed E-state index contributed by atoms with van der Waals surface area (Å²) in [5.74, 6) is 0.846. The van der Waals surface area contributed by atoms with Crippen molar-refractivity contribution in [2.24, 2.45) is 5.92 Å². The van der Waals surface area contributed by atoms with E-state index in [-0.39, 0.29) is 5.91 Å². The summed E-state index contributed by atoms with van der Waals surface area (Å²) >= 11 is 6.75. The number of carbonyl (C=O) groups is 1. The number of hydrogen-bond acceptors (Lipinski definition) is 4. The fourth-order valence-corrected chi connectivity index (χ4v) is 1.72. The van der Waals surface area contributed by atoms with Gasteiger partial charge < -0.3 is 5.32 Å². The van der Waals surface area contributed by atoms with E-state index in [1.165, 1.54) is 11.5 Å². The van der Waals surface area contributed by atoms with Crippen LogP contribution < -0.4 is 5.32 Å². The highest BCUT2D eigenvalue weighted by atomic mass is 35.5. The predicted octanol–water partition coefficient (Wildman–Crippen LogP) is 1.53. The van der Waals surface area contributed by atoms with Crippen molar-refractivity contribution in [3.8, 4) is 0 Å². The first-order chi connectivity index (χ1) is 6.74. The van der Waals surface area contributed by atoms with Gasteiger partial charge in [0.2, 0.25) is 0 Å². The number of halogens is 1. The monoisotopic (exact) mass is 233 g/mol. The lowest BCUT2D eigenvalue weighted by Crippen LogP contribution is -2.28. The first-order valence-corrected chi connectivity index (χ1v) is 5.72. The normalized spacial score (nSPS) is 12.4. The molecule has 6 heteroatoms. The fourth-order valence-electron chi connectivity index (χ4n) is 0.909. The molecule has 0 aromatic carbocycles. The number of rotatable bonds is 5. The summed E-state index contributed by atoms with van der Waals surface area (Å²) in [4.78, 5) is 11.4. The molecule has 14 heavy (non-hydrogen) atoms. The van der Waals surface area contributed by atoms with E-state index in [1.54, 1.807) is 5.38 Å². The average molecular weight is 234 g/mol. The number of alkyl halides is 1. The molecule has 78 valence electrons. The van der Waals surface area contributed by atoms with Crippen molar-refractivity contribution >= 4 is 29.0 Å². The number of amides is 1. The molecular weight excluding hydrogens is 222 g/mol. The van der Waals surface area contributed by atoms with Crippen LogP contribution in [0.15, 0.2) is 5.38 Å². The molecule has 1 unspecified atom stereocenters. The Morgan fingerprint density at radius 2 is 2.57 bits per heavy atom. The number of aromatic nitrogens is 2. The molecule has 1 atom stereocenters. The van der Waals surface area contributed by atoms with Crippen LogP contribution >= 0.6 is 23.1 Å². The van der Waals surface area contributed by atoms with Gasteiger partial charge in [0.05, 0.1) is 0 Å².